The molecule has 6 heteroatoms. The first-order chi connectivity index (χ1) is 46.0. The van der Waals surface area contributed by atoms with Crippen molar-refractivity contribution in [3.05, 3.63) is 60.8 Å². The predicted octanol–water partition coefficient (Wildman–Crippen LogP) is 28.1. The van der Waals surface area contributed by atoms with E-state index in [1.165, 1.54) is 372 Å². The molecule has 93 heavy (non-hydrogen) atoms. The molecular formula is C87H163NO5. The molecule has 0 rings (SSSR count). The number of unbranched alkanes of at least 4 members (excludes halogenated alkanes) is 60. The topological polar surface area (TPSA) is 95.9 Å². The van der Waals surface area contributed by atoms with E-state index in [2.05, 4.69) is 67.8 Å². The van der Waals surface area contributed by atoms with Gasteiger partial charge in [0.2, 0.25) is 5.91 Å². The van der Waals surface area contributed by atoms with E-state index in [4.69, 9.17) is 4.74 Å². The van der Waals surface area contributed by atoms with Gasteiger partial charge in [-0.15, -0.1) is 0 Å². The van der Waals surface area contributed by atoms with Gasteiger partial charge in [-0.25, -0.2) is 0 Å². The molecule has 1 amide bonds. The first kappa shape index (κ1) is 90.6. The van der Waals surface area contributed by atoms with Crippen LogP contribution in [0.3, 0.4) is 0 Å². The van der Waals surface area contributed by atoms with E-state index in [9.17, 15) is 19.8 Å². The molecule has 0 aromatic heterocycles. The molecule has 0 fully saturated rings. The average molecular weight is 1300 g/mol. The zero-order valence-corrected chi connectivity index (χ0v) is 62.8. The van der Waals surface area contributed by atoms with Crippen molar-refractivity contribution in [1.82, 2.24) is 5.32 Å². The summed E-state index contributed by atoms with van der Waals surface area (Å²) < 4.78 is 5.50. The van der Waals surface area contributed by atoms with Crippen molar-refractivity contribution in [2.75, 3.05) is 13.2 Å². The second-order valence-electron chi connectivity index (χ2n) is 28.8. The Morgan fingerprint density at radius 3 is 0.828 bits per heavy atom. The maximum atomic E-state index is 12.6. The Hall–Kier alpha value is -2.44. The van der Waals surface area contributed by atoms with E-state index in [-0.39, 0.29) is 18.5 Å². The minimum absolute atomic E-state index is 0.00702. The van der Waals surface area contributed by atoms with Crippen LogP contribution in [0.2, 0.25) is 0 Å². The van der Waals surface area contributed by atoms with E-state index in [1.54, 1.807) is 6.08 Å². The van der Waals surface area contributed by atoms with Crippen molar-refractivity contribution >= 4 is 11.9 Å². The molecule has 0 radical (unpaired) electrons. The summed E-state index contributed by atoms with van der Waals surface area (Å²) in [6, 6.07) is -0.629. The molecule has 0 aliphatic heterocycles. The summed E-state index contributed by atoms with van der Waals surface area (Å²) in [4.78, 5) is 24.7. The Morgan fingerprint density at radius 1 is 0.301 bits per heavy atom. The van der Waals surface area contributed by atoms with Crippen LogP contribution in [0.1, 0.15) is 457 Å². The zero-order chi connectivity index (χ0) is 67.0. The molecule has 0 saturated carbocycles. The van der Waals surface area contributed by atoms with Crippen LogP contribution in [0.5, 0.6) is 0 Å². The number of hydrogen-bond acceptors (Lipinski definition) is 5. The van der Waals surface area contributed by atoms with Gasteiger partial charge in [-0.05, 0) is 96.3 Å². The van der Waals surface area contributed by atoms with Crippen LogP contribution in [-0.4, -0.2) is 47.4 Å². The minimum Gasteiger partial charge on any atom is -0.466 e. The molecule has 0 aliphatic carbocycles. The van der Waals surface area contributed by atoms with Gasteiger partial charge >= 0.3 is 5.97 Å². The molecule has 0 saturated heterocycles. The molecule has 546 valence electrons. The first-order valence-corrected chi connectivity index (χ1v) is 42.1. The third kappa shape index (κ3) is 78.4. The van der Waals surface area contributed by atoms with Crippen molar-refractivity contribution in [2.24, 2.45) is 0 Å². The fourth-order valence-corrected chi connectivity index (χ4v) is 13.1. The van der Waals surface area contributed by atoms with Gasteiger partial charge in [-0.1, -0.05) is 408 Å². The Labute approximate surface area is 581 Å². The number of hydrogen-bond donors (Lipinski definition) is 3. The van der Waals surface area contributed by atoms with E-state index >= 15 is 0 Å². The van der Waals surface area contributed by atoms with Crippen molar-refractivity contribution in [3.63, 3.8) is 0 Å². The number of esters is 1. The predicted molar refractivity (Wildman–Crippen MR) is 412 cm³/mol. The lowest BCUT2D eigenvalue weighted by molar-refractivity contribution is -0.143. The number of amides is 1. The molecule has 2 unspecified atom stereocenters. The second-order valence-corrected chi connectivity index (χ2v) is 28.8. The molecule has 0 aromatic carbocycles. The Balaban J connectivity index is 3.41. The van der Waals surface area contributed by atoms with Gasteiger partial charge < -0.3 is 20.3 Å². The smallest absolute Gasteiger partial charge is 0.305 e. The molecule has 0 bridgehead atoms. The Kier molecular flexibility index (Phi) is 79.8. The van der Waals surface area contributed by atoms with Crippen LogP contribution in [-0.2, 0) is 14.3 Å². The maximum absolute atomic E-state index is 12.6. The summed E-state index contributed by atoms with van der Waals surface area (Å²) in [7, 11) is 0. The third-order valence-corrected chi connectivity index (χ3v) is 19.5. The van der Waals surface area contributed by atoms with Crippen LogP contribution in [0.15, 0.2) is 60.8 Å². The minimum atomic E-state index is -0.846. The van der Waals surface area contributed by atoms with Crippen LogP contribution in [0.25, 0.3) is 0 Å². The quantitative estimate of drug-likeness (QED) is 0.0320. The van der Waals surface area contributed by atoms with Gasteiger partial charge in [0.05, 0.1) is 25.4 Å². The lowest BCUT2D eigenvalue weighted by Crippen LogP contribution is -2.45. The summed E-state index contributed by atoms with van der Waals surface area (Å²) in [5, 5.41) is 23.3. The van der Waals surface area contributed by atoms with Crippen molar-refractivity contribution in [1.29, 1.82) is 0 Å². The van der Waals surface area contributed by atoms with Gasteiger partial charge in [-0.2, -0.15) is 0 Å². The molecule has 0 aromatic rings. The van der Waals surface area contributed by atoms with Crippen molar-refractivity contribution in [2.45, 2.75) is 469 Å². The highest BCUT2D eigenvalue weighted by Gasteiger charge is 2.18. The van der Waals surface area contributed by atoms with E-state index < -0.39 is 12.1 Å². The highest BCUT2D eigenvalue weighted by molar-refractivity contribution is 5.76. The molecule has 3 N–H and O–H groups in total. The lowest BCUT2D eigenvalue weighted by Gasteiger charge is -2.20. The third-order valence-electron chi connectivity index (χ3n) is 19.5. The summed E-state index contributed by atoms with van der Waals surface area (Å²) in [5.41, 5.74) is 0. The summed E-state index contributed by atoms with van der Waals surface area (Å²) in [5.74, 6) is -0.0544. The number of rotatable bonds is 79. The Bertz CT molecular complexity index is 1600. The number of aliphatic hydroxyl groups excluding tert-OH is 2. The highest BCUT2D eigenvalue weighted by atomic mass is 16.5. The first-order valence-electron chi connectivity index (χ1n) is 42.1. The van der Waals surface area contributed by atoms with Gasteiger partial charge in [-0.3, -0.25) is 9.59 Å². The number of allylic oxidation sites excluding steroid dienone is 9. The van der Waals surface area contributed by atoms with Crippen LogP contribution in [0, 0.1) is 0 Å². The van der Waals surface area contributed by atoms with Crippen molar-refractivity contribution in [3.8, 4) is 0 Å². The summed E-state index contributed by atoms with van der Waals surface area (Å²) in [6.07, 6.45) is 111. The molecular weight excluding hydrogens is 1140 g/mol. The molecule has 6 nitrogen and oxygen atoms in total. The van der Waals surface area contributed by atoms with Gasteiger partial charge in [0.25, 0.3) is 0 Å². The van der Waals surface area contributed by atoms with Crippen LogP contribution < -0.4 is 5.32 Å². The molecule has 2 atom stereocenters. The van der Waals surface area contributed by atoms with Crippen LogP contribution in [0.4, 0.5) is 0 Å². The fraction of sp³-hybridized carbons (Fsp3) is 0.862. The second kappa shape index (κ2) is 82.0. The number of nitrogens with one attached hydrogen (secondary N) is 1. The van der Waals surface area contributed by atoms with Crippen molar-refractivity contribution < 1.29 is 24.5 Å². The molecule has 0 aliphatic rings. The largest absolute Gasteiger partial charge is 0.466 e. The molecule has 0 heterocycles. The highest BCUT2D eigenvalue weighted by Crippen LogP contribution is 2.20. The van der Waals surface area contributed by atoms with Gasteiger partial charge in [0.15, 0.2) is 0 Å². The van der Waals surface area contributed by atoms with E-state index in [0.717, 1.165) is 57.8 Å². The number of carbonyl (C=O) groups is 2. The lowest BCUT2D eigenvalue weighted by atomic mass is 10.0. The number of aliphatic hydroxyl groups is 2. The number of ether oxygens (including phenoxy) is 1. The maximum Gasteiger partial charge on any atom is 0.305 e. The van der Waals surface area contributed by atoms with E-state index in [0.29, 0.717) is 19.4 Å². The van der Waals surface area contributed by atoms with Gasteiger partial charge in [0, 0.05) is 12.8 Å². The SMILES string of the molecule is CCCCCC/C=C\C/C=C\CCCCCCCCCC(=O)OCCCCCCCCCCC/C=C\C/C=C\CCCCCCCCCCCCCCCCCCCC(=O)NC(CO)C(O)/C=C/CCCCCCCCCCCCCCCCCCCCCCCCC. The van der Waals surface area contributed by atoms with Crippen LogP contribution >= 0.6 is 0 Å². The summed E-state index contributed by atoms with van der Waals surface area (Å²) in [6.45, 7) is 4.93. The van der Waals surface area contributed by atoms with Gasteiger partial charge in [0.1, 0.15) is 0 Å². The summed E-state index contributed by atoms with van der Waals surface area (Å²) >= 11 is 0. The average Bonchev–Trinajstić information content (AvgIpc) is 3.78. The zero-order valence-electron chi connectivity index (χ0n) is 62.8. The fourth-order valence-electron chi connectivity index (χ4n) is 13.1. The standard InChI is InChI=1S/C87H163NO5/c1-3-5-7-9-11-13-15-17-19-21-23-24-25-35-38-41-44-47-51-55-59-63-67-71-75-79-85(90)84(83-89)88-86(91)80-76-72-68-64-60-56-52-48-45-42-39-36-33-31-29-27-26-28-30-32-34-37-40-43-46-50-54-58-62-66-70-74-78-82-93-87(92)81-77-73-69-65-61-57-53-49-22-20-18-16-14-12-10-8-6-4-2/h14,16,20,22,30,32,37,40,75,79,84-85,89-90H,3-13,15,17-19,21,23-29,31,33-36,38-39,41-74,76-78,80-83H2,1-2H3,(H,88,91)/b16-14-,22-20-,32-30-,40-37-,79-75+. The number of carbonyl (C=O) groups excluding carboxylic acids is 2. The molecule has 0 spiro atoms. The normalized spacial score (nSPS) is 12.8. The monoisotopic (exact) mass is 1300 g/mol. The Morgan fingerprint density at radius 2 is 0.538 bits per heavy atom. The van der Waals surface area contributed by atoms with E-state index in [1.807, 2.05) is 6.08 Å².